The van der Waals surface area contributed by atoms with Crippen LogP contribution in [0.15, 0.2) is 30.5 Å². The first kappa shape index (κ1) is 13.0. The molecule has 5 heteroatoms. The molecule has 0 spiro atoms. The van der Waals surface area contributed by atoms with Gasteiger partial charge in [0.2, 0.25) is 0 Å². The molecule has 0 atom stereocenters. The number of fused-ring (bicyclic) bond motifs is 3. The minimum Gasteiger partial charge on any atom is -0.293 e. The summed E-state index contributed by atoms with van der Waals surface area (Å²) in [5, 5.41) is 11.8. The third-order valence-corrected chi connectivity index (χ3v) is 4.19. The molecule has 0 saturated carbocycles. The molecule has 0 radical (unpaired) electrons. The molecule has 0 amide bonds. The molecule has 1 aliphatic rings. The van der Waals surface area contributed by atoms with Crippen LogP contribution in [0.2, 0.25) is 0 Å². The van der Waals surface area contributed by atoms with Crippen molar-refractivity contribution in [2.24, 2.45) is 0 Å². The van der Waals surface area contributed by atoms with Crippen molar-refractivity contribution in [3.63, 3.8) is 0 Å². The van der Waals surface area contributed by atoms with Gasteiger partial charge in [-0.25, -0.2) is 4.68 Å². The number of nitrogens with one attached hydrogen (secondary N) is 1. The predicted molar refractivity (Wildman–Crippen MR) is 83.3 cm³/mol. The summed E-state index contributed by atoms with van der Waals surface area (Å²) in [4.78, 5) is 12.0. The Hall–Kier alpha value is -2.69. The lowest BCUT2D eigenvalue weighted by molar-refractivity contribution is 0.101. The van der Waals surface area contributed by atoms with Crippen LogP contribution in [0.5, 0.6) is 0 Å². The number of rotatable bonds is 2. The topological polar surface area (TPSA) is 63.6 Å². The first-order chi connectivity index (χ1) is 10.6. The predicted octanol–water partition coefficient (Wildman–Crippen LogP) is 2.87. The monoisotopic (exact) mass is 292 g/mol. The zero-order valence-corrected chi connectivity index (χ0v) is 12.6. The van der Waals surface area contributed by atoms with Crippen LogP contribution in [0, 0.1) is 6.92 Å². The lowest BCUT2D eigenvalue weighted by Gasteiger charge is -2.14. The maximum atomic E-state index is 12.0. The van der Waals surface area contributed by atoms with Gasteiger partial charge in [0.25, 0.3) is 0 Å². The molecule has 1 aromatic carbocycles. The minimum absolute atomic E-state index is 0.00839. The van der Waals surface area contributed by atoms with Crippen LogP contribution in [-0.2, 0) is 12.8 Å². The second-order valence-electron chi connectivity index (χ2n) is 5.74. The van der Waals surface area contributed by atoms with Crippen LogP contribution in [0.3, 0.4) is 0 Å². The molecule has 1 N–H and O–H groups in total. The molecule has 0 aliphatic heterocycles. The van der Waals surface area contributed by atoms with Crippen LogP contribution in [0.25, 0.3) is 16.9 Å². The fourth-order valence-corrected chi connectivity index (χ4v) is 3.08. The summed E-state index contributed by atoms with van der Waals surface area (Å²) >= 11 is 0. The Balaban J connectivity index is 2.00. The number of aryl methyl sites for hydroxylation is 2. The van der Waals surface area contributed by atoms with Crippen molar-refractivity contribution >= 4 is 5.78 Å². The number of carbonyl (C=O) groups excluding carboxylic acids is 1. The van der Waals surface area contributed by atoms with E-state index >= 15 is 0 Å². The highest BCUT2D eigenvalue weighted by atomic mass is 16.1. The van der Waals surface area contributed by atoms with E-state index in [1.807, 2.05) is 23.0 Å². The highest BCUT2D eigenvalue weighted by Gasteiger charge is 2.28. The van der Waals surface area contributed by atoms with E-state index in [0.29, 0.717) is 5.69 Å². The first-order valence-electron chi connectivity index (χ1n) is 7.37. The van der Waals surface area contributed by atoms with E-state index in [-0.39, 0.29) is 5.78 Å². The van der Waals surface area contributed by atoms with Crippen molar-refractivity contribution < 1.29 is 4.79 Å². The van der Waals surface area contributed by atoms with Crippen molar-refractivity contribution in [3.05, 3.63) is 53.0 Å². The lowest BCUT2D eigenvalue weighted by Crippen LogP contribution is -2.07. The van der Waals surface area contributed by atoms with Crippen molar-refractivity contribution in [1.82, 2.24) is 20.0 Å². The SMILES string of the molecule is CC(=O)c1nn(-c2ccc(C)cc2)c2c1CCc1[nH]ncc1-2. The molecule has 0 saturated heterocycles. The lowest BCUT2D eigenvalue weighted by atomic mass is 9.93. The largest absolute Gasteiger partial charge is 0.293 e. The fraction of sp³-hybridized carbons (Fsp3) is 0.235. The summed E-state index contributed by atoms with van der Waals surface area (Å²) in [6, 6.07) is 8.16. The molecule has 2 heterocycles. The summed E-state index contributed by atoms with van der Waals surface area (Å²) in [7, 11) is 0. The molecule has 110 valence electrons. The average molecular weight is 292 g/mol. The van der Waals surface area contributed by atoms with Crippen LogP contribution in [0.4, 0.5) is 0 Å². The van der Waals surface area contributed by atoms with E-state index in [9.17, 15) is 4.79 Å². The molecule has 4 rings (SSSR count). The number of hydrogen-bond donors (Lipinski definition) is 1. The number of ketones is 1. The van der Waals surface area contributed by atoms with E-state index in [1.54, 1.807) is 6.92 Å². The maximum Gasteiger partial charge on any atom is 0.180 e. The molecule has 0 fully saturated rings. The van der Waals surface area contributed by atoms with Crippen molar-refractivity contribution in [3.8, 4) is 16.9 Å². The average Bonchev–Trinajstić information content (AvgIpc) is 3.11. The van der Waals surface area contributed by atoms with Gasteiger partial charge < -0.3 is 0 Å². The third kappa shape index (κ3) is 1.82. The normalized spacial score (nSPS) is 12.8. The molecule has 0 bridgehead atoms. The number of carbonyl (C=O) groups is 1. The Morgan fingerprint density at radius 1 is 1.23 bits per heavy atom. The van der Waals surface area contributed by atoms with Crippen molar-refractivity contribution in [2.75, 3.05) is 0 Å². The summed E-state index contributed by atoms with van der Waals surface area (Å²) in [5.74, 6) is 0.00839. The van der Waals surface area contributed by atoms with E-state index in [4.69, 9.17) is 0 Å². The molecule has 3 aromatic rings. The van der Waals surface area contributed by atoms with Gasteiger partial charge in [-0.1, -0.05) is 17.7 Å². The van der Waals surface area contributed by atoms with Crippen molar-refractivity contribution in [1.29, 1.82) is 0 Å². The number of H-pyrrole nitrogens is 1. The smallest absolute Gasteiger partial charge is 0.180 e. The highest BCUT2D eigenvalue weighted by molar-refractivity contribution is 5.96. The van der Waals surface area contributed by atoms with Gasteiger partial charge in [0, 0.05) is 23.7 Å². The van der Waals surface area contributed by atoms with Gasteiger partial charge in [0.05, 0.1) is 17.6 Å². The Labute approximate surface area is 128 Å². The molecule has 5 nitrogen and oxygen atoms in total. The van der Waals surface area contributed by atoms with E-state index in [1.165, 1.54) is 5.56 Å². The van der Waals surface area contributed by atoms with Crippen LogP contribution < -0.4 is 0 Å². The maximum absolute atomic E-state index is 12.0. The minimum atomic E-state index is 0.00839. The molecule has 22 heavy (non-hydrogen) atoms. The van der Waals surface area contributed by atoms with E-state index < -0.39 is 0 Å². The molecule has 0 unspecified atom stereocenters. The number of hydrogen-bond acceptors (Lipinski definition) is 3. The van der Waals surface area contributed by atoms with Gasteiger partial charge in [-0.05, 0) is 31.9 Å². The van der Waals surface area contributed by atoms with Crippen molar-refractivity contribution in [2.45, 2.75) is 26.7 Å². The quantitative estimate of drug-likeness (QED) is 0.739. The number of aromatic nitrogens is 4. The number of Topliss-reactive ketones (excluding diaryl/α,β-unsaturated/α-hetero) is 1. The Bertz CT molecular complexity index is 871. The summed E-state index contributed by atoms with van der Waals surface area (Å²) in [6.07, 6.45) is 3.50. The zero-order chi connectivity index (χ0) is 15.3. The summed E-state index contributed by atoms with van der Waals surface area (Å²) < 4.78 is 1.87. The van der Waals surface area contributed by atoms with Gasteiger partial charge >= 0.3 is 0 Å². The van der Waals surface area contributed by atoms with Crippen LogP contribution in [0.1, 0.15) is 34.2 Å². The second kappa shape index (κ2) is 4.66. The Kier molecular flexibility index (Phi) is 2.76. The van der Waals surface area contributed by atoms with Gasteiger partial charge in [0.1, 0.15) is 5.69 Å². The standard InChI is InChI=1S/C17H16N4O/c1-10-3-5-12(6-4-10)21-17-13(16(20-21)11(2)22)7-8-15-14(17)9-18-19-15/h3-6,9H,7-8H2,1-2H3,(H,18,19). The van der Waals surface area contributed by atoms with Gasteiger partial charge in [-0.2, -0.15) is 10.2 Å². The summed E-state index contributed by atoms with van der Waals surface area (Å²) in [6.45, 7) is 3.63. The Morgan fingerprint density at radius 3 is 2.73 bits per heavy atom. The van der Waals surface area contributed by atoms with Gasteiger partial charge in [-0.15, -0.1) is 0 Å². The third-order valence-electron chi connectivity index (χ3n) is 4.19. The highest BCUT2D eigenvalue weighted by Crippen LogP contribution is 2.36. The Morgan fingerprint density at radius 2 is 2.00 bits per heavy atom. The number of benzene rings is 1. The van der Waals surface area contributed by atoms with E-state index in [0.717, 1.165) is 41.0 Å². The summed E-state index contributed by atoms with van der Waals surface area (Å²) in [5.41, 5.74) is 6.90. The fourth-order valence-electron chi connectivity index (χ4n) is 3.08. The van der Waals surface area contributed by atoms with Crippen LogP contribution >= 0.6 is 0 Å². The van der Waals surface area contributed by atoms with E-state index in [2.05, 4.69) is 34.4 Å². The second-order valence-corrected chi connectivity index (χ2v) is 5.74. The molecular weight excluding hydrogens is 276 g/mol. The number of nitrogens with zero attached hydrogens (tertiary/aromatic N) is 3. The molecule has 2 aromatic heterocycles. The first-order valence-corrected chi connectivity index (χ1v) is 7.37. The molecular formula is C17H16N4O. The molecule has 1 aliphatic carbocycles. The zero-order valence-electron chi connectivity index (χ0n) is 12.6. The van der Waals surface area contributed by atoms with Crippen LogP contribution in [-0.4, -0.2) is 25.8 Å². The van der Waals surface area contributed by atoms with Gasteiger partial charge in [0.15, 0.2) is 5.78 Å². The van der Waals surface area contributed by atoms with Gasteiger partial charge in [-0.3, -0.25) is 9.89 Å². The number of aromatic amines is 1.